The first-order chi connectivity index (χ1) is 11.0. The molecule has 0 fully saturated rings. The molecule has 0 atom stereocenters. The summed E-state index contributed by atoms with van der Waals surface area (Å²) in [5, 5.41) is 4.34. The maximum absolute atomic E-state index is 11.3. The molecule has 1 aromatic carbocycles. The molecule has 0 radical (unpaired) electrons. The van der Waals surface area contributed by atoms with Crippen LogP contribution in [0.4, 0.5) is 9.93 Å². The standard InChI is InChI=1S/C15H15Cl2N3O2S/c1-22-15(21)19-14-18-12-4-5-20(8-13(12)23-14)7-9-2-3-10(16)11(17)6-9/h2-3,6H,4-5,7-8H2,1H3,(H,18,19,21). The number of methoxy groups -OCH3 is 1. The maximum atomic E-state index is 11.3. The van der Waals surface area contributed by atoms with Gasteiger partial charge in [0, 0.05) is 30.9 Å². The predicted molar refractivity (Wildman–Crippen MR) is 92.4 cm³/mol. The van der Waals surface area contributed by atoms with Crippen molar-refractivity contribution in [2.75, 3.05) is 19.0 Å². The summed E-state index contributed by atoms with van der Waals surface area (Å²) in [6, 6.07) is 5.70. The molecular weight excluding hydrogens is 357 g/mol. The van der Waals surface area contributed by atoms with E-state index in [1.54, 1.807) is 0 Å². The minimum Gasteiger partial charge on any atom is -0.453 e. The molecule has 0 bridgehead atoms. The molecule has 1 aliphatic rings. The molecule has 0 saturated carbocycles. The summed E-state index contributed by atoms with van der Waals surface area (Å²) in [6.07, 6.45) is 0.361. The van der Waals surface area contributed by atoms with Gasteiger partial charge in [0.2, 0.25) is 0 Å². The van der Waals surface area contributed by atoms with Gasteiger partial charge in [-0.25, -0.2) is 9.78 Å². The van der Waals surface area contributed by atoms with Gasteiger partial charge in [0.25, 0.3) is 0 Å². The minimum absolute atomic E-state index is 0.497. The smallest absolute Gasteiger partial charge is 0.413 e. The molecular formula is C15H15Cl2N3O2S. The van der Waals surface area contributed by atoms with E-state index in [0.29, 0.717) is 15.2 Å². The molecule has 0 unspecified atom stereocenters. The topological polar surface area (TPSA) is 54.5 Å². The lowest BCUT2D eigenvalue weighted by molar-refractivity contribution is 0.187. The number of rotatable bonds is 3. The maximum Gasteiger partial charge on any atom is 0.413 e. The van der Waals surface area contributed by atoms with Crippen molar-refractivity contribution in [2.45, 2.75) is 19.5 Å². The zero-order valence-corrected chi connectivity index (χ0v) is 14.8. The highest BCUT2D eigenvalue weighted by Gasteiger charge is 2.21. The van der Waals surface area contributed by atoms with Gasteiger partial charge in [-0.05, 0) is 17.7 Å². The molecule has 1 N–H and O–H groups in total. The van der Waals surface area contributed by atoms with Crippen LogP contribution in [0.15, 0.2) is 18.2 Å². The number of fused-ring (bicyclic) bond motifs is 1. The fourth-order valence-electron chi connectivity index (χ4n) is 2.47. The molecule has 3 rings (SSSR count). The van der Waals surface area contributed by atoms with Crippen molar-refractivity contribution in [2.24, 2.45) is 0 Å². The number of aromatic nitrogens is 1. The second-order valence-corrected chi connectivity index (χ2v) is 7.11. The first-order valence-electron chi connectivity index (χ1n) is 7.05. The van der Waals surface area contributed by atoms with Crippen LogP contribution < -0.4 is 5.32 Å². The molecule has 0 aliphatic carbocycles. The Morgan fingerprint density at radius 1 is 1.43 bits per heavy atom. The second-order valence-electron chi connectivity index (χ2n) is 5.21. The average Bonchev–Trinajstić information content (AvgIpc) is 2.92. The summed E-state index contributed by atoms with van der Waals surface area (Å²) in [5.41, 5.74) is 2.17. The fraction of sp³-hybridized carbons (Fsp3) is 0.333. The van der Waals surface area contributed by atoms with Crippen LogP contribution in [0.25, 0.3) is 0 Å². The van der Waals surface area contributed by atoms with Crippen molar-refractivity contribution in [3.05, 3.63) is 44.4 Å². The zero-order valence-electron chi connectivity index (χ0n) is 12.4. The highest BCUT2D eigenvalue weighted by Crippen LogP contribution is 2.30. The molecule has 1 aliphatic heterocycles. The van der Waals surface area contributed by atoms with E-state index in [1.807, 2.05) is 18.2 Å². The van der Waals surface area contributed by atoms with Gasteiger partial charge in [-0.2, -0.15) is 0 Å². The molecule has 1 amide bonds. The first-order valence-corrected chi connectivity index (χ1v) is 8.62. The van der Waals surface area contributed by atoms with E-state index in [4.69, 9.17) is 23.2 Å². The fourth-order valence-corrected chi connectivity index (χ4v) is 3.83. The van der Waals surface area contributed by atoms with E-state index in [2.05, 4.69) is 19.9 Å². The van der Waals surface area contributed by atoms with Gasteiger partial charge >= 0.3 is 6.09 Å². The van der Waals surface area contributed by atoms with Gasteiger partial charge in [0.15, 0.2) is 5.13 Å². The number of thiazole rings is 1. The third-order valence-corrected chi connectivity index (χ3v) is 5.33. The first kappa shape index (κ1) is 16.5. The normalized spacial score (nSPS) is 14.4. The van der Waals surface area contributed by atoms with Gasteiger partial charge in [0.1, 0.15) is 0 Å². The highest BCUT2D eigenvalue weighted by atomic mass is 35.5. The Labute approximate surface area is 148 Å². The lowest BCUT2D eigenvalue weighted by atomic mass is 10.1. The molecule has 122 valence electrons. The van der Waals surface area contributed by atoms with Crippen LogP contribution in [-0.2, 0) is 24.2 Å². The Balaban J connectivity index is 1.67. The summed E-state index contributed by atoms with van der Waals surface area (Å²) in [7, 11) is 1.34. The summed E-state index contributed by atoms with van der Waals surface area (Å²) >= 11 is 13.5. The second kappa shape index (κ2) is 7.05. The van der Waals surface area contributed by atoms with Crippen molar-refractivity contribution in [1.29, 1.82) is 0 Å². The van der Waals surface area contributed by atoms with E-state index in [9.17, 15) is 4.79 Å². The highest BCUT2D eigenvalue weighted by molar-refractivity contribution is 7.15. The number of carbonyl (C=O) groups is 1. The lowest BCUT2D eigenvalue weighted by Crippen LogP contribution is -2.29. The van der Waals surface area contributed by atoms with E-state index < -0.39 is 6.09 Å². The number of benzene rings is 1. The number of halogens is 2. The number of hydrogen-bond acceptors (Lipinski definition) is 5. The van der Waals surface area contributed by atoms with E-state index >= 15 is 0 Å². The van der Waals surface area contributed by atoms with Crippen molar-refractivity contribution in [1.82, 2.24) is 9.88 Å². The summed E-state index contributed by atoms with van der Waals surface area (Å²) in [4.78, 5) is 19.2. The van der Waals surface area contributed by atoms with Crippen LogP contribution in [0.2, 0.25) is 10.0 Å². The van der Waals surface area contributed by atoms with Gasteiger partial charge in [-0.15, -0.1) is 0 Å². The van der Waals surface area contributed by atoms with Crippen LogP contribution in [0, 0.1) is 0 Å². The number of nitrogens with one attached hydrogen (secondary N) is 1. The molecule has 8 heteroatoms. The Morgan fingerprint density at radius 3 is 3.00 bits per heavy atom. The predicted octanol–water partition coefficient (Wildman–Crippen LogP) is 4.19. The van der Waals surface area contributed by atoms with Gasteiger partial charge in [0.05, 0.1) is 22.8 Å². The summed E-state index contributed by atoms with van der Waals surface area (Å²) < 4.78 is 4.59. The summed E-state index contributed by atoms with van der Waals surface area (Å²) in [5.74, 6) is 0. The van der Waals surface area contributed by atoms with Crippen molar-refractivity contribution < 1.29 is 9.53 Å². The molecule has 1 aromatic heterocycles. The Kier molecular flexibility index (Phi) is 5.06. The molecule has 23 heavy (non-hydrogen) atoms. The van der Waals surface area contributed by atoms with Crippen molar-refractivity contribution in [3.63, 3.8) is 0 Å². The quantitative estimate of drug-likeness (QED) is 0.878. The summed E-state index contributed by atoms with van der Waals surface area (Å²) in [6.45, 7) is 2.51. The third-order valence-electron chi connectivity index (χ3n) is 3.59. The number of nitrogens with zero attached hydrogens (tertiary/aromatic N) is 2. The number of anilines is 1. The van der Waals surface area contributed by atoms with E-state index in [-0.39, 0.29) is 0 Å². The number of amides is 1. The number of carbonyl (C=O) groups excluding carboxylic acids is 1. The number of hydrogen-bond donors (Lipinski definition) is 1. The SMILES string of the molecule is COC(=O)Nc1nc2c(s1)CN(Cc1ccc(Cl)c(Cl)c1)CC2. The Morgan fingerprint density at radius 2 is 2.26 bits per heavy atom. The third kappa shape index (κ3) is 3.95. The van der Waals surface area contributed by atoms with E-state index in [1.165, 1.54) is 23.3 Å². The lowest BCUT2D eigenvalue weighted by Gasteiger charge is -2.25. The molecule has 2 heterocycles. The molecule has 0 spiro atoms. The van der Waals surface area contributed by atoms with Crippen LogP contribution in [0.3, 0.4) is 0 Å². The molecule has 0 saturated heterocycles. The Bertz CT molecular complexity index is 736. The van der Waals surface area contributed by atoms with Gasteiger partial charge in [-0.3, -0.25) is 10.2 Å². The van der Waals surface area contributed by atoms with Gasteiger partial charge in [-0.1, -0.05) is 40.6 Å². The minimum atomic E-state index is -0.497. The van der Waals surface area contributed by atoms with Crippen LogP contribution in [0.1, 0.15) is 16.1 Å². The monoisotopic (exact) mass is 371 g/mol. The van der Waals surface area contributed by atoms with Gasteiger partial charge < -0.3 is 4.74 Å². The van der Waals surface area contributed by atoms with Crippen LogP contribution in [-0.4, -0.2) is 29.6 Å². The number of ether oxygens (including phenoxy) is 1. The zero-order chi connectivity index (χ0) is 16.4. The van der Waals surface area contributed by atoms with E-state index in [0.717, 1.165) is 37.3 Å². The molecule has 5 nitrogen and oxygen atoms in total. The molecule has 2 aromatic rings. The van der Waals surface area contributed by atoms with Crippen LogP contribution >= 0.6 is 34.5 Å². The Hall–Kier alpha value is -1.34. The largest absolute Gasteiger partial charge is 0.453 e. The van der Waals surface area contributed by atoms with Crippen LogP contribution in [0.5, 0.6) is 0 Å². The van der Waals surface area contributed by atoms with Crippen molar-refractivity contribution in [3.8, 4) is 0 Å². The average molecular weight is 372 g/mol. The van der Waals surface area contributed by atoms with Crippen molar-refractivity contribution >= 4 is 45.8 Å².